The van der Waals surface area contributed by atoms with Gasteiger partial charge in [0.1, 0.15) is 0 Å². The molecule has 0 aromatic heterocycles. The van der Waals surface area contributed by atoms with Gasteiger partial charge in [0.15, 0.2) is 0 Å². The molecular formula is C11H17NO. The quantitative estimate of drug-likeness (QED) is 0.645. The maximum atomic E-state index is 10.1. The van der Waals surface area contributed by atoms with E-state index in [1.165, 1.54) is 19.3 Å². The summed E-state index contributed by atoms with van der Waals surface area (Å²) in [7, 11) is 0. The van der Waals surface area contributed by atoms with E-state index >= 15 is 0 Å². The Bertz CT molecular complexity index is 218. The number of hydrogen-bond donors (Lipinski definition) is 1. The van der Waals surface area contributed by atoms with E-state index in [-0.39, 0.29) is 0 Å². The molecular weight excluding hydrogens is 162 g/mol. The molecule has 1 aliphatic carbocycles. The number of carbonyl (C=O) groups excluding carboxylic acids is 1. The third-order valence-corrected chi connectivity index (χ3v) is 2.34. The fraction of sp³-hybridized carbons (Fsp3) is 0.545. The van der Waals surface area contributed by atoms with Crippen LogP contribution in [0.25, 0.3) is 0 Å². The Labute approximate surface area is 79.7 Å². The first-order chi connectivity index (χ1) is 6.36. The van der Waals surface area contributed by atoms with Crippen molar-refractivity contribution in [3.8, 4) is 0 Å². The van der Waals surface area contributed by atoms with Crippen molar-refractivity contribution in [1.29, 1.82) is 0 Å². The lowest BCUT2D eigenvalue weighted by atomic mass is 9.94. The highest BCUT2D eigenvalue weighted by Gasteiger charge is 2.07. The van der Waals surface area contributed by atoms with E-state index in [9.17, 15) is 4.79 Å². The second-order valence-corrected chi connectivity index (χ2v) is 3.42. The molecule has 0 spiro atoms. The number of nitrogens with one attached hydrogen (secondary N) is 1. The van der Waals surface area contributed by atoms with Crippen molar-refractivity contribution >= 4 is 6.41 Å². The first kappa shape index (κ1) is 10.0. The predicted octanol–water partition coefficient (Wildman–Crippen LogP) is 2.38. The smallest absolute Gasteiger partial charge is 0.211 e. The maximum absolute atomic E-state index is 10.1. The van der Waals surface area contributed by atoms with Gasteiger partial charge in [-0.25, -0.2) is 0 Å². The van der Waals surface area contributed by atoms with Crippen LogP contribution in [0.2, 0.25) is 0 Å². The van der Waals surface area contributed by atoms with Crippen molar-refractivity contribution in [2.45, 2.75) is 32.6 Å². The molecule has 2 nitrogen and oxygen atoms in total. The second-order valence-electron chi connectivity index (χ2n) is 3.42. The standard InChI is InChI=1S/C11H17NO/c1-2-3-4-10-5-7-11(8-6-10)12-9-13/h5,7-10H,2-4,6H2,1H3,(H,12,13). The average Bonchev–Trinajstić information content (AvgIpc) is 2.17. The Morgan fingerprint density at radius 2 is 2.54 bits per heavy atom. The van der Waals surface area contributed by atoms with Crippen LogP contribution in [0.5, 0.6) is 0 Å². The summed E-state index contributed by atoms with van der Waals surface area (Å²) in [5, 5.41) is 2.65. The zero-order valence-corrected chi connectivity index (χ0v) is 8.12. The Kier molecular flexibility index (Phi) is 4.30. The zero-order valence-electron chi connectivity index (χ0n) is 8.12. The zero-order chi connectivity index (χ0) is 9.52. The van der Waals surface area contributed by atoms with E-state index in [0.29, 0.717) is 5.92 Å². The lowest BCUT2D eigenvalue weighted by Gasteiger charge is -2.14. The molecule has 1 aliphatic rings. The highest BCUT2D eigenvalue weighted by Crippen LogP contribution is 2.20. The van der Waals surface area contributed by atoms with E-state index in [1.807, 2.05) is 6.08 Å². The molecule has 13 heavy (non-hydrogen) atoms. The summed E-state index contributed by atoms with van der Waals surface area (Å²) in [6.45, 7) is 2.21. The molecule has 0 aliphatic heterocycles. The summed E-state index contributed by atoms with van der Waals surface area (Å²) in [6, 6.07) is 0. The van der Waals surface area contributed by atoms with Gasteiger partial charge in [-0.3, -0.25) is 4.79 Å². The Balaban J connectivity index is 2.30. The average molecular weight is 179 g/mol. The van der Waals surface area contributed by atoms with Crippen LogP contribution in [0.3, 0.4) is 0 Å². The van der Waals surface area contributed by atoms with Gasteiger partial charge in [0.25, 0.3) is 0 Å². The van der Waals surface area contributed by atoms with Crippen molar-refractivity contribution in [2.24, 2.45) is 5.92 Å². The Hall–Kier alpha value is -1.05. The number of allylic oxidation sites excluding steroid dienone is 3. The third-order valence-electron chi connectivity index (χ3n) is 2.34. The Morgan fingerprint density at radius 1 is 1.69 bits per heavy atom. The van der Waals surface area contributed by atoms with Gasteiger partial charge in [-0.05, 0) is 24.8 Å². The number of hydrogen-bond acceptors (Lipinski definition) is 1. The Morgan fingerprint density at radius 3 is 3.08 bits per heavy atom. The van der Waals surface area contributed by atoms with Crippen molar-refractivity contribution in [2.75, 3.05) is 0 Å². The molecule has 0 aromatic rings. The lowest BCUT2D eigenvalue weighted by Crippen LogP contribution is -2.11. The fourth-order valence-corrected chi connectivity index (χ4v) is 1.52. The van der Waals surface area contributed by atoms with E-state index in [1.54, 1.807) is 0 Å². The molecule has 0 bridgehead atoms. The molecule has 1 N–H and O–H groups in total. The molecule has 0 fully saturated rings. The molecule has 1 rings (SSSR count). The first-order valence-electron chi connectivity index (χ1n) is 4.95. The summed E-state index contributed by atoms with van der Waals surface area (Å²) < 4.78 is 0. The molecule has 1 atom stereocenters. The molecule has 72 valence electrons. The minimum atomic E-state index is 0.678. The van der Waals surface area contributed by atoms with Crippen LogP contribution in [0.15, 0.2) is 23.9 Å². The van der Waals surface area contributed by atoms with Crippen molar-refractivity contribution in [3.63, 3.8) is 0 Å². The van der Waals surface area contributed by atoms with E-state index in [4.69, 9.17) is 0 Å². The third kappa shape index (κ3) is 3.45. The lowest BCUT2D eigenvalue weighted by molar-refractivity contribution is -0.108. The summed E-state index contributed by atoms with van der Waals surface area (Å²) in [4.78, 5) is 10.1. The minimum absolute atomic E-state index is 0.678. The molecule has 2 heteroatoms. The molecule has 0 saturated heterocycles. The highest BCUT2D eigenvalue weighted by molar-refractivity contribution is 5.52. The van der Waals surface area contributed by atoms with Crippen molar-refractivity contribution in [3.05, 3.63) is 23.9 Å². The van der Waals surface area contributed by atoms with Gasteiger partial charge in [0.2, 0.25) is 6.41 Å². The van der Waals surface area contributed by atoms with Crippen molar-refractivity contribution in [1.82, 2.24) is 5.32 Å². The van der Waals surface area contributed by atoms with Crippen LogP contribution in [-0.4, -0.2) is 6.41 Å². The SMILES string of the molecule is CCCCC1C=CC(NC=O)=CC1. The minimum Gasteiger partial charge on any atom is -0.329 e. The van der Waals surface area contributed by atoms with Gasteiger partial charge < -0.3 is 5.32 Å². The van der Waals surface area contributed by atoms with Gasteiger partial charge >= 0.3 is 0 Å². The molecule has 1 amide bonds. The number of rotatable bonds is 5. The monoisotopic (exact) mass is 179 g/mol. The maximum Gasteiger partial charge on any atom is 0.211 e. The van der Waals surface area contributed by atoms with Crippen LogP contribution in [0.4, 0.5) is 0 Å². The van der Waals surface area contributed by atoms with Crippen LogP contribution in [0, 0.1) is 5.92 Å². The van der Waals surface area contributed by atoms with Crippen molar-refractivity contribution < 1.29 is 4.79 Å². The molecule has 1 unspecified atom stereocenters. The van der Waals surface area contributed by atoms with E-state index in [2.05, 4.69) is 24.4 Å². The van der Waals surface area contributed by atoms with Gasteiger partial charge in [-0.1, -0.05) is 31.9 Å². The largest absolute Gasteiger partial charge is 0.329 e. The molecule has 0 radical (unpaired) electrons. The van der Waals surface area contributed by atoms with Gasteiger partial charge in [0, 0.05) is 5.70 Å². The fourth-order valence-electron chi connectivity index (χ4n) is 1.52. The van der Waals surface area contributed by atoms with Gasteiger partial charge in [0.05, 0.1) is 0 Å². The molecule has 0 heterocycles. The molecule has 0 saturated carbocycles. The number of amides is 1. The van der Waals surface area contributed by atoms with Gasteiger partial charge in [-0.2, -0.15) is 0 Å². The van der Waals surface area contributed by atoms with E-state index < -0.39 is 0 Å². The summed E-state index contributed by atoms with van der Waals surface area (Å²) in [5.41, 5.74) is 0.933. The first-order valence-corrected chi connectivity index (χ1v) is 4.95. The van der Waals surface area contributed by atoms with Crippen LogP contribution in [-0.2, 0) is 4.79 Å². The number of carbonyl (C=O) groups is 1. The van der Waals surface area contributed by atoms with Gasteiger partial charge in [-0.15, -0.1) is 0 Å². The summed E-state index contributed by atoms with van der Waals surface area (Å²) in [5.74, 6) is 0.678. The predicted molar refractivity (Wildman–Crippen MR) is 54.1 cm³/mol. The van der Waals surface area contributed by atoms with Crippen LogP contribution in [0.1, 0.15) is 32.6 Å². The number of unbranched alkanes of at least 4 members (excludes halogenated alkanes) is 1. The molecule has 0 aromatic carbocycles. The van der Waals surface area contributed by atoms with Crippen LogP contribution >= 0.6 is 0 Å². The topological polar surface area (TPSA) is 29.1 Å². The second kappa shape index (κ2) is 5.57. The van der Waals surface area contributed by atoms with E-state index in [0.717, 1.165) is 18.5 Å². The highest BCUT2D eigenvalue weighted by atomic mass is 16.1. The normalized spacial score (nSPS) is 21.0. The summed E-state index contributed by atoms with van der Waals surface area (Å²) >= 11 is 0. The summed E-state index contributed by atoms with van der Waals surface area (Å²) in [6.07, 6.45) is 11.9. The van der Waals surface area contributed by atoms with Crippen LogP contribution < -0.4 is 5.32 Å².